The van der Waals surface area contributed by atoms with Gasteiger partial charge in [0.1, 0.15) is 5.82 Å². The molecule has 0 amide bonds. The van der Waals surface area contributed by atoms with E-state index in [2.05, 4.69) is 10.3 Å². The number of hydrogen-bond donors (Lipinski definition) is 3. The second kappa shape index (κ2) is 10.1. The average Bonchev–Trinajstić information content (AvgIpc) is 2.47. The molecule has 5 heteroatoms. The molecule has 0 radical (unpaired) electrons. The number of aliphatic hydroxyl groups excluding tert-OH is 1. The van der Waals surface area contributed by atoms with Crippen molar-refractivity contribution in [1.29, 1.82) is 0 Å². The highest BCUT2D eigenvalue weighted by Gasteiger charge is 2.07. The molecule has 4 N–H and O–H groups in total. The van der Waals surface area contributed by atoms with E-state index in [4.69, 9.17) is 5.73 Å². The molecule has 0 saturated heterocycles. The summed E-state index contributed by atoms with van der Waals surface area (Å²) >= 11 is 0. The van der Waals surface area contributed by atoms with Crippen LogP contribution in [0.3, 0.4) is 0 Å². The largest absolute Gasteiger partial charge is 0.405 e. The summed E-state index contributed by atoms with van der Waals surface area (Å²) in [5.41, 5.74) is 6.18. The minimum atomic E-state index is -0.244. The Morgan fingerprint density at radius 2 is 2.10 bits per heavy atom. The summed E-state index contributed by atoms with van der Waals surface area (Å²) in [6, 6.07) is 6.33. The summed E-state index contributed by atoms with van der Waals surface area (Å²) in [5.74, 6) is -0.244. The Morgan fingerprint density at radius 3 is 2.75 bits per heavy atom. The smallest absolute Gasteiger partial charge is 0.123 e. The number of nitrogens with zero attached hydrogens (tertiary/aromatic N) is 1. The summed E-state index contributed by atoms with van der Waals surface area (Å²) in [6.07, 6.45) is 6.34. The van der Waals surface area contributed by atoms with E-state index in [1.54, 1.807) is 24.4 Å². The molecule has 1 rings (SSSR count). The maximum Gasteiger partial charge on any atom is 0.123 e. The Morgan fingerprint density at radius 1 is 1.35 bits per heavy atom. The molecule has 0 aromatic heterocycles. The van der Waals surface area contributed by atoms with Crippen LogP contribution in [0.15, 0.2) is 41.5 Å². The number of nitrogens with two attached hydrogens (primary N) is 1. The second-order valence-corrected chi connectivity index (χ2v) is 4.46. The lowest BCUT2D eigenvalue weighted by Crippen LogP contribution is -2.35. The van der Waals surface area contributed by atoms with Crippen molar-refractivity contribution in [3.8, 4) is 0 Å². The van der Waals surface area contributed by atoms with Gasteiger partial charge in [0.05, 0.1) is 6.61 Å². The molecule has 4 nitrogen and oxygen atoms in total. The molecule has 1 aromatic carbocycles. The van der Waals surface area contributed by atoms with Gasteiger partial charge < -0.3 is 16.2 Å². The fourth-order valence-electron chi connectivity index (χ4n) is 1.77. The van der Waals surface area contributed by atoms with Crippen molar-refractivity contribution in [2.75, 3.05) is 19.7 Å². The maximum atomic E-state index is 12.8. The lowest BCUT2D eigenvalue weighted by Gasteiger charge is -2.16. The molecule has 1 atom stereocenters. The molecule has 0 aliphatic carbocycles. The van der Waals surface area contributed by atoms with Crippen molar-refractivity contribution in [3.05, 3.63) is 47.9 Å². The van der Waals surface area contributed by atoms with E-state index < -0.39 is 0 Å². The molecule has 1 unspecified atom stereocenters. The van der Waals surface area contributed by atoms with Crippen LogP contribution in [0.1, 0.15) is 12.0 Å². The fourth-order valence-corrected chi connectivity index (χ4v) is 1.77. The van der Waals surface area contributed by atoms with Crippen molar-refractivity contribution in [2.24, 2.45) is 10.7 Å². The molecule has 0 saturated carbocycles. The highest BCUT2D eigenvalue weighted by molar-refractivity contribution is 5.70. The van der Waals surface area contributed by atoms with Gasteiger partial charge in [0, 0.05) is 18.8 Å². The molecule has 0 aliphatic rings. The number of allylic oxidation sites excluding steroid dienone is 1. The summed E-state index contributed by atoms with van der Waals surface area (Å²) < 4.78 is 12.8. The number of aliphatic imine (C=N–C) groups is 1. The van der Waals surface area contributed by atoms with E-state index in [-0.39, 0.29) is 18.5 Å². The third kappa shape index (κ3) is 7.01. The number of aliphatic hydroxyl groups is 1. The molecule has 1 aromatic rings. The summed E-state index contributed by atoms with van der Waals surface area (Å²) in [5, 5.41) is 12.6. The average molecular weight is 279 g/mol. The first-order chi connectivity index (χ1) is 9.76. The number of rotatable bonds is 9. The quantitative estimate of drug-likeness (QED) is 0.470. The van der Waals surface area contributed by atoms with E-state index in [0.717, 1.165) is 18.5 Å². The molecule has 20 heavy (non-hydrogen) atoms. The van der Waals surface area contributed by atoms with Gasteiger partial charge in [0.25, 0.3) is 0 Å². The number of nitrogens with one attached hydrogen (secondary N) is 1. The first kappa shape index (κ1) is 16.3. The molecule has 0 fully saturated rings. The fraction of sp³-hybridized carbons (Fsp3) is 0.400. The molecule has 0 aliphatic heterocycles. The topological polar surface area (TPSA) is 70.6 Å². The monoisotopic (exact) mass is 279 g/mol. The van der Waals surface area contributed by atoms with E-state index >= 15 is 0 Å². The first-order valence-corrected chi connectivity index (χ1v) is 6.71. The van der Waals surface area contributed by atoms with Gasteiger partial charge >= 0.3 is 0 Å². The second-order valence-electron chi connectivity index (χ2n) is 4.46. The SMILES string of the molecule is N/C=C\C=NCCCNC(CO)Cc1ccc(F)cc1. The molecular weight excluding hydrogens is 257 g/mol. The van der Waals surface area contributed by atoms with Crippen molar-refractivity contribution >= 4 is 6.21 Å². The number of benzene rings is 1. The minimum Gasteiger partial charge on any atom is -0.405 e. The van der Waals surface area contributed by atoms with Crippen LogP contribution >= 0.6 is 0 Å². The normalized spacial score (nSPS) is 13.3. The first-order valence-electron chi connectivity index (χ1n) is 6.71. The summed E-state index contributed by atoms with van der Waals surface area (Å²) in [6.45, 7) is 1.54. The van der Waals surface area contributed by atoms with Gasteiger partial charge in [-0.25, -0.2) is 4.39 Å². The predicted molar refractivity (Wildman–Crippen MR) is 80.3 cm³/mol. The van der Waals surface area contributed by atoms with Crippen LogP contribution < -0.4 is 11.1 Å². The van der Waals surface area contributed by atoms with Crippen molar-refractivity contribution in [2.45, 2.75) is 18.9 Å². The highest BCUT2D eigenvalue weighted by atomic mass is 19.1. The van der Waals surface area contributed by atoms with Crippen molar-refractivity contribution in [1.82, 2.24) is 5.32 Å². The molecule has 0 heterocycles. The zero-order chi connectivity index (χ0) is 14.6. The molecule has 0 bridgehead atoms. The van der Waals surface area contributed by atoms with Crippen molar-refractivity contribution in [3.63, 3.8) is 0 Å². The Kier molecular flexibility index (Phi) is 8.26. The van der Waals surface area contributed by atoms with Gasteiger partial charge in [0.2, 0.25) is 0 Å². The summed E-state index contributed by atoms with van der Waals surface area (Å²) in [7, 11) is 0. The predicted octanol–water partition coefficient (Wildman–Crippen LogP) is 1.25. The van der Waals surface area contributed by atoms with E-state index in [1.807, 2.05) is 0 Å². The minimum absolute atomic E-state index is 0.0200. The van der Waals surface area contributed by atoms with Gasteiger partial charge in [-0.2, -0.15) is 0 Å². The molecule has 110 valence electrons. The van der Waals surface area contributed by atoms with Gasteiger partial charge in [-0.05, 0) is 49.4 Å². The van der Waals surface area contributed by atoms with Gasteiger partial charge in [-0.15, -0.1) is 0 Å². The van der Waals surface area contributed by atoms with Crippen LogP contribution in [0, 0.1) is 5.82 Å². The maximum absolute atomic E-state index is 12.8. The zero-order valence-electron chi connectivity index (χ0n) is 11.5. The van der Waals surface area contributed by atoms with Crippen molar-refractivity contribution < 1.29 is 9.50 Å². The van der Waals surface area contributed by atoms with E-state index in [1.165, 1.54) is 18.3 Å². The van der Waals surface area contributed by atoms with Crippen LogP contribution in [0.2, 0.25) is 0 Å². The van der Waals surface area contributed by atoms with Crippen LogP contribution in [-0.2, 0) is 6.42 Å². The standard InChI is InChI=1S/C15H22FN3O/c16-14-5-3-13(4-6-14)11-15(12-20)19-10-2-9-18-8-1-7-17/h1,3-8,15,19-20H,2,9-12,17H2/b7-1-,18-8?. The zero-order valence-corrected chi connectivity index (χ0v) is 11.5. The highest BCUT2D eigenvalue weighted by Crippen LogP contribution is 2.05. The van der Waals surface area contributed by atoms with Crippen LogP contribution in [0.25, 0.3) is 0 Å². The molecule has 0 spiro atoms. The van der Waals surface area contributed by atoms with Gasteiger partial charge in [-0.1, -0.05) is 12.1 Å². The molecular formula is C15H22FN3O. The third-order valence-corrected chi connectivity index (χ3v) is 2.82. The van der Waals surface area contributed by atoms with Gasteiger partial charge in [0.15, 0.2) is 0 Å². The van der Waals surface area contributed by atoms with Gasteiger partial charge in [-0.3, -0.25) is 4.99 Å². The lowest BCUT2D eigenvalue weighted by molar-refractivity contribution is 0.241. The Bertz CT molecular complexity index is 418. The van der Waals surface area contributed by atoms with Crippen LogP contribution in [0.5, 0.6) is 0 Å². The Hall–Kier alpha value is -1.72. The van der Waals surface area contributed by atoms with Crippen LogP contribution in [0.4, 0.5) is 4.39 Å². The summed E-state index contributed by atoms with van der Waals surface area (Å²) in [4.78, 5) is 4.14. The van der Waals surface area contributed by atoms with E-state index in [0.29, 0.717) is 13.0 Å². The lowest BCUT2D eigenvalue weighted by atomic mass is 10.1. The van der Waals surface area contributed by atoms with E-state index in [9.17, 15) is 9.50 Å². The number of hydrogen-bond acceptors (Lipinski definition) is 4. The number of halogens is 1. The van der Waals surface area contributed by atoms with Crippen LogP contribution in [-0.4, -0.2) is 37.1 Å². The Balaban J connectivity index is 2.24. The third-order valence-electron chi connectivity index (χ3n) is 2.82. The Labute approximate surface area is 119 Å².